The lowest BCUT2D eigenvalue weighted by Gasteiger charge is -2.09. The second-order valence-electron chi connectivity index (χ2n) is 5.55. The maximum absolute atomic E-state index is 5.80. The lowest BCUT2D eigenvalue weighted by Crippen LogP contribution is -2.08. The Kier molecular flexibility index (Phi) is 9.25. The Hall–Kier alpha value is -2.63. The molecule has 0 saturated heterocycles. The lowest BCUT2D eigenvalue weighted by atomic mass is 10.3. The first kappa shape index (κ1) is 21.7. The molecule has 0 aliphatic carbocycles. The van der Waals surface area contributed by atoms with Gasteiger partial charge in [0, 0.05) is 0 Å². The SMILES string of the molecule is C=CCON=C(C)COc1ccc(Oc2ccc(OCC=C(Cl)Cl)cc2)cc1. The molecule has 0 heterocycles. The van der Waals surface area contributed by atoms with E-state index in [1.807, 2.05) is 43.3 Å². The number of benzene rings is 2. The Labute approximate surface area is 174 Å². The molecule has 0 spiro atoms. The molecule has 0 saturated carbocycles. The van der Waals surface area contributed by atoms with E-state index in [4.69, 9.17) is 42.3 Å². The van der Waals surface area contributed by atoms with E-state index < -0.39 is 0 Å². The maximum atomic E-state index is 5.80. The van der Waals surface area contributed by atoms with Gasteiger partial charge >= 0.3 is 0 Å². The van der Waals surface area contributed by atoms with Crippen molar-refractivity contribution >= 4 is 28.9 Å². The van der Waals surface area contributed by atoms with Gasteiger partial charge in [-0.2, -0.15) is 0 Å². The van der Waals surface area contributed by atoms with Crippen LogP contribution in [0, 0.1) is 0 Å². The van der Waals surface area contributed by atoms with Crippen molar-refractivity contribution in [3.05, 3.63) is 71.8 Å². The molecular formula is C21H21Cl2NO4. The molecule has 0 unspecified atom stereocenters. The molecule has 0 radical (unpaired) electrons. The van der Waals surface area contributed by atoms with Crippen LogP contribution in [0.2, 0.25) is 0 Å². The number of rotatable bonds is 11. The van der Waals surface area contributed by atoms with Crippen LogP contribution in [0.5, 0.6) is 23.0 Å². The summed E-state index contributed by atoms with van der Waals surface area (Å²) in [4.78, 5) is 5.01. The Morgan fingerprint density at radius 2 is 1.43 bits per heavy atom. The minimum absolute atomic E-state index is 0.177. The first-order valence-electron chi connectivity index (χ1n) is 8.48. The van der Waals surface area contributed by atoms with E-state index in [0.29, 0.717) is 42.8 Å². The molecule has 7 heteroatoms. The third kappa shape index (κ3) is 8.37. The van der Waals surface area contributed by atoms with E-state index >= 15 is 0 Å². The number of ether oxygens (including phenoxy) is 3. The monoisotopic (exact) mass is 421 g/mol. The highest BCUT2D eigenvalue weighted by atomic mass is 35.5. The summed E-state index contributed by atoms with van der Waals surface area (Å²) in [5, 5.41) is 3.91. The summed E-state index contributed by atoms with van der Waals surface area (Å²) in [5.41, 5.74) is 0.730. The zero-order valence-electron chi connectivity index (χ0n) is 15.4. The summed E-state index contributed by atoms with van der Waals surface area (Å²) in [6, 6.07) is 14.5. The molecule has 0 aliphatic heterocycles. The zero-order valence-corrected chi connectivity index (χ0v) is 16.9. The number of halogens is 2. The zero-order chi connectivity index (χ0) is 20.2. The van der Waals surface area contributed by atoms with E-state index in [1.165, 1.54) is 0 Å². The Morgan fingerprint density at radius 3 is 1.96 bits per heavy atom. The number of hydrogen-bond acceptors (Lipinski definition) is 5. The summed E-state index contributed by atoms with van der Waals surface area (Å²) in [6.45, 7) is 6.39. The highest BCUT2D eigenvalue weighted by Crippen LogP contribution is 2.25. The van der Waals surface area contributed by atoms with Crippen LogP contribution in [0.1, 0.15) is 6.92 Å². The van der Waals surface area contributed by atoms with E-state index in [0.717, 1.165) is 5.71 Å². The summed E-state index contributed by atoms with van der Waals surface area (Å²) in [5.74, 6) is 2.78. The molecule has 2 aromatic rings. The van der Waals surface area contributed by atoms with Crippen molar-refractivity contribution in [2.24, 2.45) is 5.16 Å². The average Bonchev–Trinajstić information content (AvgIpc) is 2.69. The predicted octanol–water partition coefficient (Wildman–Crippen LogP) is 6.13. The van der Waals surface area contributed by atoms with Gasteiger partial charge in [0.2, 0.25) is 0 Å². The van der Waals surface area contributed by atoms with Crippen molar-refractivity contribution in [3.63, 3.8) is 0 Å². The van der Waals surface area contributed by atoms with Crippen molar-refractivity contribution in [3.8, 4) is 23.0 Å². The van der Waals surface area contributed by atoms with Crippen LogP contribution in [0.15, 0.2) is 76.9 Å². The normalized spacial score (nSPS) is 10.8. The molecule has 0 aromatic heterocycles. The van der Waals surface area contributed by atoms with Gasteiger partial charge in [-0.15, -0.1) is 0 Å². The van der Waals surface area contributed by atoms with Gasteiger partial charge in [0.15, 0.2) is 0 Å². The molecule has 2 rings (SSSR count). The third-order valence-electron chi connectivity index (χ3n) is 3.23. The van der Waals surface area contributed by atoms with Crippen molar-refractivity contribution < 1.29 is 19.0 Å². The fourth-order valence-corrected chi connectivity index (χ4v) is 2.09. The number of oxime groups is 1. The predicted molar refractivity (Wildman–Crippen MR) is 113 cm³/mol. The largest absolute Gasteiger partial charge is 0.489 e. The standard InChI is InChI=1S/C21H21Cl2NO4/c1-3-13-27-24-16(2)15-26-18-6-10-20(11-7-18)28-19-8-4-17(5-9-19)25-14-12-21(22)23/h3-12H,1,13-15H2,2H3. The Bertz CT molecular complexity index is 798. The van der Waals surface area contributed by atoms with Crippen LogP contribution in [-0.2, 0) is 4.84 Å². The Morgan fingerprint density at radius 1 is 0.893 bits per heavy atom. The van der Waals surface area contributed by atoms with Crippen molar-refractivity contribution in [2.75, 3.05) is 19.8 Å². The molecule has 5 nitrogen and oxygen atoms in total. The van der Waals surface area contributed by atoms with Crippen molar-refractivity contribution in [1.29, 1.82) is 0 Å². The number of hydrogen-bond donors (Lipinski definition) is 0. The topological polar surface area (TPSA) is 49.3 Å². The quantitative estimate of drug-likeness (QED) is 0.189. The van der Waals surface area contributed by atoms with E-state index in [1.54, 1.807) is 24.3 Å². The van der Waals surface area contributed by atoms with E-state index in [2.05, 4.69) is 11.7 Å². The van der Waals surface area contributed by atoms with Gasteiger partial charge in [0.1, 0.15) is 47.3 Å². The molecular weight excluding hydrogens is 401 g/mol. The summed E-state index contributed by atoms with van der Waals surface area (Å²) >= 11 is 11.1. The van der Waals surface area contributed by atoms with Gasteiger partial charge in [-0.25, -0.2) is 0 Å². The molecule has 0 atom stereocenters. The van der Waals surface area contributed by atoms with E-state index in [9.17, 15) is 0 Å². The summed E-state index contributed by atoms with van der Waals surface area (Å²) in [6.07, 6.45) is 3.20. The minimum atomic E-state index is 0.177. The molecule has 0 fully saturated rings. The third-order valence-corrected chi connectivity index (χ3v) is 3.54. The average molecular weight is 422 g/mol. The molecule has 2 aromatic carbocycles. The fraction of sp³-hybridized carbons (Fsp3) is 0.190. The van der Waals surface area contributed by atoms with Gasteiger partial charge in [0.25, 0.3) is 0 Å². The van der Waals surface area contributed by atoms with Gasteiger partial charge < -0.3 is 19.0 Å². The molecule has 148 valence electrons. The van der Waals surface area contributed by atoms with Crippen LogP contribution in [-0.4, -0.2) is 25.5 Å². The fourth-order valence-electron chi connectivity index (χ4n) is 1.96. The lowest BCUT2D eigenvalue weighted by molar-refractivity contribution is 0.172. The highest BCUT2D eigenvalue weighted by Gasteiger charge is 2.01. The van der Waals surface area contributed by atoms with Crippen LogP contribution in [0.4, 0.5) is 0 Å². The molecule has 0 amide bonds. The van der Waals surface area contributed by atoms with Gasteiger partial charge in [-0.3, -0.25) is 0 Å². The first-order chi connectivity index (χ1) is 13.6. The van der Waals surface area contributed by atoms with Crippen LogP contribution < -0.4 is 14.2 Å². The molecule has 0 bridgehead atoms. The molecule has 0 N–H and O–H groups in total. The number of nitrogens with zero attached hydrogens (tertiary/aromatic N) is 1. The van der Waals surface area contributed by atoms with Crippen molar-refractivity contribution in [2.45, 2.75) is 6.92 Å². The Balaban J connectivity index is 1.82. The highest BCUT2D eigenvalue weighted by molar-refractivity contribution is 6.55. The summed E-state index contributed by atoms with van der Waals surface area (Å²) < 4.78 is 17.1. The second-order valence-corrected chi connectivity index (χ2v) is 6.56. The minimum Gasteiger partial charge on any atom is -0.489 e. The van der Waals surface area contributed by atoms with Gasteiger partial charge in [0.05, 0.1) is 5.71 Å². The van der Waals surface area contributed by atoms with Crippen LogP contribution in [0.25, 0.3) is 0 Å². The van der Waals surface area contributed by atoms with Crippen LogP contribution in [0.3, 0.4) is 0 Å². The molecule has 0 aliphatic rings. The van der Waals surface area contributed by atoms with Crippen molar-refractivity contribution in [1.82, 2.24) is 0 Å². The van der Waals surface area contributed by atoms with Gasteiger partial charge in [-0.1, -0.05) is 41.0 Å². The maximum Gasteiger partial charge on any atom is 0.135 e. The van der Waals surface area contributed by atoms with Crippen LogP contribution >= 0.6 is 23.2 Å². The van der Waals surface area contributed by atoms with E-state index in [-0.39, 0.29) is 4.49 Å². The molecule has 28 heavy (non-hydrogen) atoms. The smallest absolute Gasteiger partial charge is 0.135 e. The second kappa shape index (κ2) is 12.0. The summed E-state index contributed by atoms with van der Waals surface area (Å²) in [7, 11) is 0. The van der Waals surface area contributed by atoms with Gasteiger partial charge in [-0.05, 0) is 61.5 Å². The first-order valence-corrected chi connectivity index (χ1v) is 9.23.